The number of hydrogen-bond acceptors (Lipinski definition) is 2. The Labute approximate surface area is 77.3 Å². The third-order valence-corrected chi connectivity index (χ3v) is 1.05. The maximum atomic E-state index is 8.81. The minimum absolute atomic E-state index is 0. The van der Waals surface area contributed by atoms with Crippen LogP contribution in [0.15, 0.2) is 22.9 Å². The molecule has 0 aliphatic heterocycles. The number of carbonyl (C=O) groups is 1. The van der Waals surface area contributed by atoms with Crippen LogP contribution in [0.3, 0.4) is 0 Å². The summed E-state index contributed by atoms with van der Waals surface area (Å²) in [5.74, 6) is 0. The van der Waals surface area contributed by atoms with E-state index in [0.29, 0.717) is 0 Å². The predicted molar refractivity (Wildman–Crippen MR) is 50.6 cm³/mol. The van der Waals surface area contributed by atoms with Gasteiger partial charge in [0.25, 0.3) is 0 Å². The zero-order valence-corrected chi connectivity index (χ0v) is 7.97. The second-order valence-electron chi connectivity index (χ2n) is 1.03. The Kier molecular flexibility index (Phi) is 26.4. The van der Waals surface area contributed by atoms with Crippen molar-refractivity contribution in [3.05, 3.63) is 22.9 Å². The average molecular weight is 201 g/mol. The third-order valence-electron chi connectivity index (χ3n) is 0.425. The lowest BCUT2D eigenvalue weighted by Crippen LogP contribution is -1.36. The molecule has 0 saturated carbocycles. The molecule has 4 heteroatoms. The van der Waals surface area contributed by atoms with E-state index in [4.69, 9.17) is 4.79 Å². The molecular weight excluding hydrogens is 191 g/mol. The van der Waals surface area contributed by atoms with Crippen LogP contribution < -0.4 is 0 Å². The monoisotopic (exact) mass is 200 g/mol. The molecule has 0 aliphatic carbocycles. The standard InChI is InChI=1S/C4H4S.C2H4O.2ClH/c1-2-4-5-3-1;1-2-3;;/h1-4H;2H,1H3;2*1H. The van der Waals surface area contributed by atoms with Gasteiger partial charge in [0.15, 0.2) is 0 Å². The van der Waals surface area contributed by atoms with Crippen molar-refractivity contribution in [3.8, 4) is 0 Å². The normalized spacial score (nSPS) is 5.30. The molecule has 0 fully saturated rings. The van der Waals surface area contributed by atoms with Crippen molar-refractivity contribution < 1.29 is 4.79 Å². The maximum Gasteiger partial charge on any atom is 0.116 e. The lowest BCUT2D eigenvalue weighted by Gasteiger charge is -1.39. The molecule has 60 valence electrons. The lowest BCUT2D eigenvalue weighted by molar-refractivity contribution is -0.106. The smallest absolute Gasteiger partial charge is 0.116 e. The van der Waals surface area contributed by atoms with Crippen LogP contribution in [-0.2, 0) is 4.79 Å². The Hall–Kier alpha value is -0.0500. The molecule has 0 bridgehead atoms. The van der Waals surface area contributed by atoms with Crippen LogP contribution in [0.25, 0.3) is 0 Å². The predicted octanol–water partition coefficient (Wildman–Crippen LogP) is 2.80. The second-order valence-corrected chi connectivity index (χ2v) is 1.85. The fourth-order valence-corrected chi connectivity index (χ4v) is 0.680. The van der Waals surface area contributed by atoms with Crippen molar-refractivity contribution in [3.63, 3.8) is 0 Å². The molecule has 1 rings (SSSR count). The van der Waals surface area contributed by atoms with Crippen LogP contribution in [0, 0.1) is 0 Å². The topological polar surface area (TPSA) is 17.1 Å². The summed E-state index contributed by atoms with van der Waals surface area (Å²) in [4.78, 5) is 8.81. The van der Waals surface area contributed by atoms with Crippen LogP contribution in [0.1, 0.15) is 6.92 Å². The van der Waals surface area contributed by atoms with Crippen molar-refractivity contribution in [1.82, 2.24) is 0 Å². The Morgan fingerprint density at radius 3 is 1.60 bits per heavy atom. The van der Waals surface area contributed by atoms with Crippen molar-refractivity contribution in [2.75, 3.05) is 0 Å². The number of halogens is 2. The van der Waals surface area contributed by atoms with E-state index in [2.05, 4.69) is 0 Å². The van der Waals surface area contributed by atoms with Gasteiger partial charge in [0.05, 0.1) is 0 Å². The zero-order valence-electron chi connectivity index (χ0n) is 5.52. The van der Waals surface area contributed by atoms with E-state index in [1.807, 2.05) is 22.9 Å². The fraction of sp³-hybridized carbons (Fsp3) is 0.167. The minimum Gasteiger partial charge on any atom is -0.304 e. The first-order valence-corrected chi connectivity index (χ1v) is 3.23. The van der Waals surface area contributed by atoms with Crippen LogP contribution in [0.2, 0.25) is 0 Å². The summed E-state index contributed by atoms with van der Waals surface area (Å²) in [6.45, 7) is 1.44. The molecule has 0 aliphatic rings. The van der Waals surface area contributed by atoms with E-state index < -0.39 is 0 Å². The van der Waals surface area contributed by atoms with Gasteiger partial charge in [0.2, 0.25) is 0 Å². The second kappa shape index (κ2) is 16.0. The van der Waals surface area contributed by atoms with Gasteiger partial charge in [-0.25, -0.2) is 0 Å². The molecule has 10 heavy (non-hydrogen) atoms. The molecule has 0 radical (unpaired) electrons. The third kappa shape index (κ3) is 15.7. The summed E-state index contributed by atoms with van der Waals surface area (Å²) >= 11 is 1.71. The quantitative estimate of drug-likeness (QED) is 0.590. The largest absolute Gasteiger partial charge is 0.304 e. The summed E-state index contributed by atoms with van der Waals surface area (Å²) in [6.07, 6.45) is 0.750. The highest BCUT2D eigenvalue weighted by atomic mass is 35.5. The van der Waals surface area contributed by atoms with E-state index in [1.165, 1.54) is 6.92 Å². The Balaban J connectivity index is -0.0000000900. The van der Waals surface area contributed by atoms with Crippen molar-refractivity contribution in [1.29, 1.82) is 0 Å². The van der Waals surface area contributed by atoms with Crippen LogP contribution in [0.5, 0.6) is 0 Å². The van der Waals surface area contributed by atoms with Crippen molar-refractivity contribution in [2.45, 2.75) is 6.92 Å². The molecule has 0 saturated heterocycles. The molecule has 0 atom stereocenters. The summed E-state index contributed by atoms with van der Waals surface area (Å²) in [6, 6.07) is 4.04. The number of carbonyl (C=O) groups excluding carboxylic acids is 1. The van der Waals surface area contributed by atoms with Crippen molar-refractivity contribution >= 4 is 42.4 Å². The molecule has 1 aromatic heterocycles. The van der Waals surface area contributed by atoms with Gasteiger partial charge in [-0.3, -0.25) is 0 Å². The summed E-state index contributed by atoms with van der Waals surface area (Å²) in [7, 11) is 0. The first-order valence-electron chi connectivity index (χ1n) is 2.28. The number of rotatable bonds is 0. The summed E-state index contributed by atoms with van der Waals surface area (Å²) in [5.41, 5.74) is 0. The lowest BCUT2D eigenvalue weighted by atomic mass is 10.7. The van der Waals surface area contributed by atoms with Gasteiger partial charge >= 0.3 is 0 Å². The fourth-order valence-electron chi connectivity index (χ4n) is 0.227. The van der Waals surface area contributed by atoms with Gasteiger partial charge in [-0.15, -0.1) is 24.8 Å². The van der Waals surface area contributed by atoms with Crippen LogP contribution >= 0.6 is 36.2 Å². The SMILES string of the molecule is CC=O.Cl.Cl.c1ccsc1. The van der Waals surface area contributed by atoms with Gasteiger partial charge in [-0.1, -0.05) is 12.1 Å². The van der Waals surface area contributed by atoms with Crippen LogP contribution in [0.4, 0.5) is 0 Å². The molecule has 1 nitrogen and oxygen atoms in total. The summed E-state index contributed by atoms with van der Waals surface area (Å²) < 4.78 is 0. The highest BCUT2D eigenvalue weighted by Gasteiger charge is 1.58. The Bertz CT molecular complexity index is 102. The summed E-state index contributed by atoms with van der Waals surface area (Å²) in [5, 5.41) is 4.08. The van der Waals surface area contributed by atoms with E-state index in [-0.39, 0.29) is 24.8 Å². The highest BCUT2D eigenvalue weighted by molar-refractivity contribution is 7.07. The first kappa shape index (κ1) is 16.5. The van der Waals surface area contributed by atoms with E-state index in [0.717, 1.165) is 6.29 Å². The first-order chi connectivity index (χ1) is 3.91. The van der Waals surface area contributed by atoms with Gasteiger partial charge in [-0.05, 0) is 17.7 Å². The highest BCUT2D eigenvalue weighted by Crippen LogP contribution is 1.91. The minimum atomic E-state index is 0. The van der Waals surface area contributed by atoms with E-state index >= 15 is 0 Å². The Morgan fingerprint density at radius 1 is 1.20 bits per heavy atom. The van der Waals surface area contributed by atoms with Gasteiger partial charge in [0, 0.05) is 0 Å². The van der Waals surface area contributed by atoms with E-state index in [1.54, 1.807) is 11.3 Å². The Morgan fingerprint density at radius 2 is 1.50 bits per heavy atom. The molecule has 1 heterocycles. The molecule has 1 aromatic rings. The molecule has 0 N–H and O–H groups in total. The molecule has 0 spiro atoms. The van der Waals surface area contributed by atoms with Crippen LogP contribution in [-0.4, -0.2) is 6.29 Å². The van der Waals surface area contributed by atoms with Gasteiger partial charge in [0.1, 0.15) is 6.29 Å². The molecular formula is C6H10Cl2OS. The molecule has 0 unspecified atom stereocenters. The van der Waals surface area contributed by atoms with Gasteiger partial charge in [-0.2, -0.15) is 11.3 Å². The molecule has 0 aromatic carbocycles. The number of thiophene rings is 1. The number of aldehydes is 1. The van der Waals surface area contributed by atoms with Crippen molar-refractivity contribution in [2.24, 2.45) is 0 Å². The average Bonchev–Trinajstić information content (AvgIpc) is 2.17. The number of hydrogen-bond donors (Lipinski definition) is 0. The van der Waals surface area contributed by atoms with Gasteiger partial charge < -0.3 is 4.79 Å². The van der Waals surface area contributed by atoms with E-state index in [9.17, 15) is 0 Å². The maximum absolute atomic E-state index is 8.81. The molecule has 0 amide bonds. The zero-order chi connectivity index (χ0) is 6.24.